The maximum absolute atomic E-state index is 13.5. The van der Waals surface area contributed by atoms with E-state index < -0.39 is 17.8 Å². The summed E-state index contributed by atoms with van der Waals surface area (Å²) in [6.07, 6.45) is 4.21. The largest absolute Gasteiger partial charge is 0.325 e. The first-order valence-electron chi connectivity index (χ1n) is 8.04. The van der Waals surface area contributed by atoms with Crippen molar-refractivity contribution < 1.29 is 14.0 Å². The first-order chi connectivity index (χ1) is 12.1. The fourth-order valence-corrected chi connectivity index (χ4v) is 3.36. The first-order valence-corrected chi connectivity index (χ1v) is 9.02. The lowest BCUT2D eigenvalue weighted by molar-refractivity contribution is -0.117. The molecule has 3 rings (SSSR count). The monoisotopic (exact) mass is 363 g/mol. The molecule has 3 amide bonds. The van der Waals surface area contributed by atoms with Gasteiger partial charge in [0.2, 0.25) is 5.91 Å². The van der Waals surface area contributed by atoms with Crippen molar-refractivity contribution in [2.24, 2.45) is 0 Å². The van der Waals surface area contributed by atoms with Crippen molar-refractivity contribution >= 4 is 29.4 Å². The topological polar surface area (TPSA) is 88.9 Å². The third-order valence-corrected chi connectivity index (χ3v) is 4.75. The Morgan fingerprint density at radius 2 is 2.04 bits per heavy atom. The van der Waals surface area contributed by atoms with Crippen LogP contribution in [0.2, 0.25) is 0 Å². The Kier molecular flexibility index (Phi) is 5.64. The summed E-state index contributed by atoms with van der Waals surface area (Å²) >= 11 is 1.23. The molecule has 0 unspecified atom stereocenters. The highest BCUT2D eigenvalue weighted by molar-refractivity contribution is 7.99. The van der Waals surface area contributed by atoms with Crippen LogP contribution in [0.5, 0.6) is 0 Å². The third kappa shape index (κ3) is 4.56. The molecule has 7 nitrogen and oxygen atoms in total. The van der Waals surface area contributed by atoms with Gasteiger partial charge in [-0.05, 0) is 25.0 Å². The maximum Gasteiger partial charge on any atom is 0.325 e. The molecule has 2 aromatic rings. The number of rotatable bonds is 4. The quantitative estimate of drug-likeness (QED) is 0.815. The molecule has 2 heterocycles. The number of aromatic nitrogens is 3. The molecule has 25 heavy (non-hydrogen) atoms. The van der Waals surface area contributed by atoms with Crippen LogP contribution in [0, 0.1) is 5.82 Å². The highest BCUT2D eigenvalue weighted by Gasteiger charge is 2.17. The van der Waals surface area contributed by atoms with Gasteiger partial charge in [-0.15, -0.1) is 10.2 Å². The number of hydrogen-bond donors (Lipinski definition) is 2. The van der Waals surface area contributed by atoms with E-state index in [0.717, 1.165) is 38.1 Å². The molecule has 1 aliphatic rings. The molecular weight excluding hydrogens is 345 g/mol. The smallest absolute Gasteiger partial charge is 0.306 e. The minimum absolute atomic E-state index is 0.0169. The predicted molar refractivity (Wildman–Crippen MR) is 91.9 cm³/mol. The number of carbonyl (C=O) groups excluding carboxylic acids is 2. The fraction of sp³-hybridized carbons (Fsp3) is 0.375. The number of urea groups is 1. The molecule has 0 radical (unpaired) electrons. The molecule has 132 valence electrons. The number of anilines is 1. The summed E-state index contributed by atoms with van der Waals surface area (Å²) < 4.78 is 15.5. The summed E-state index contributed by atoms with van der Waals surface area (Å²) in [4.78, 5) is 23.7. The molecule has 2 N–H and O–H groups in total. The second-order valence-corrected chi connectivity index (χ2v) is 6.57. The molecule has 9 heteroatoms. The molecule has 0 spiro atoms. The average Bonchev–Trinajstić information content (AvgIpc) is 2.81. The van der Waals surface area contributed by atoms with Crippen LogP contribution in [0.25, 0.3) is 0 Å². The lowest BCUT2D eigenvalue weighted by Crippen LogP contribution is -2.35. The van der Waals surface area contributed by atoms with E-state index in [0.29, 0.717) is 5.16 Å². The van der Waals surface area contributed by atoms with Gasteiger partial charge in [-0.25, -0.2) is 9.18 Å². The maximum atomic E-state index is 13.5. The summed E-state index contributed by atoms with van der Waals surface area (Å²) in [6, 6.07) is 4.98. The number of nitrogens with one attached hydrogen (secondary N) is 2. The number of para-hydroxylation sites is 1. The van der Waals surface area contributed by atoms with Crippen LogP contribution in [0.4, 0.5) is 14.9 Å². The fourth-order valence-electron chi connectivity index (χ4n) is 2.57. The highest BCUT2D eigenvalue weighted by atomic mass is 32.2. The lowest BCUT2D eigenvalue weighted by atomic mass is 10.2. The number of benzene rings is 1. The number of fused-ring (bicyclic) bond motifs is 1. The van der Waals surface area contributed by atoms with Crippen molar-refractivity contribution in [2.75, 3.05) is 11.1 Å². The Labute approximate surface area is 148 Å². The molecule has 0 saturated heterocycles. The van der Waals surface area contributed by atoms with Crippen molar-refractivity contribution in [3.63, 3.8) is 0 Å². The van der Waals surface area contributed by atoms with Gasteiger partial charge in [-0.1, -0.05) is 30.3 Å². The zero-order valence-corrected chi connectivity index (χ0v) is 14.3. The Hall–Kier alpha value is -2.42. The molecule has 0 bridgehead atoms. The van der Waals surface area contributed by atoms with Gasteiger partial charge < -0.3 is 9.88 Å². The van der Waals surface area contributed by atoms with E-state index in [2.05, 4.69) is 20.8 Å². The number of halogens is 1. The first kappa shape index (κ1) is 17.4. The second-order valence-electron chi connectivity index (χ2n) is 5.63. The number of thioether (sulfide) groups is 1. The van der Waals surface area contributed by atoms with Crippen molar-refractivity contribution in [3.8, 4) is 0 Å². The molecule has 0 atom stereocenters. The number of carbonyl (C=O) groups is 2. The molecular formula is C16H18FN5O2S. The Morgan fingerprint density at radius 1 is 1.20 bits per heavy atom. The van der Waals surface area contributed by atoms with Gasteiger partial charge in [0.05, 0.1) is 11.4 Å². The predicted octanol–water partition coefficient (Wildman–Crippen LogP) is 2.58. The highest BCUT2D eigenvalue weighted by Crippen LogP contribution is 2.21. The van der Waals surface area contributed by atoms with E-state index >= 15 is 0 Å². The molecule has 0 saturated carbocycles. The van der Waals surface area contributed by atoms with Gasteiger partial charge in [-0.3, -0.25) is 10.1 Å². The number of aryl methyl sites for hydroxylation is 1. The van der Waals surface area contributed by atoms with Gasteiger partial charge in [0.1, 0.15) is 11.6 Å². The molecule has 1 aromatic carbocycles. The van der Waals surface area contributed by atoms with Gasteiger partial charge in [0, 0.05) is 13.0 Å². The number of hydrogen-bond acceptors (Lipinski definition) is 5. The van der Waals surface area contributed by atoms with Crippen molar-refractivity contribution in [2.45, 2.75) is 37.4 Å². The van der Waals surface area contributed by atoms with Crippen molar-refractivity contribution in [3.05, 3.63) is 35.9 Å². The van der Waals surface area contributed by atoms with Gasteiger partial charge in [0.15, 0.2) is 5.16 Å². The molecule has 0 fully saturated rings. The van der Waals surface area contributed by atoms with Crippen LogP contribution in [0.3, 0.4) is 0 Å². The van der Waals surface area contributed by atoms with E-state index in [1.54, 1.807) is 6.07 Å². The van der Waals surface area contributed by atoms with Crippen LogP contribution in [-0.4, -0.2) is 32.5 Å². The van der Waals surface area contributed by atoms with E-state index in [1.165, 1.54) is 30.0 Å². The second kappa shape index (κ2) is 8.11. The zero-order valence-electron chi connectivity index (χ0n) is 13.5. The van der Waals surface area contributed by atoms with Gasteiger partial charge in [0.25, 0.3) is 0 Å². The zero-order chi connectivity index (χ0) is 17.6. The van der Waals surface area contributed by atoms with Crippen LogP contribution in [0.1, 0.15) is 25.1 Å². The van der Waals surface area contributed by atoms with E-state index in [-0.39, 0.29) is 11.4 Å². The normalized spacial score (nSPS) is 13.6. The number of imide groups is 1. The average molecular weight is 363 g/mol. The molecule has 0 aliphatic carbocycles. The van der Waals surface area contributed by atoms with Crippen LogP contribution < -0.4 is 10.6 Å². The van der Waals surface area contributed by atoms with Crippen molar-refractivity contribution in [1.82, 2.24) is 20.1 Å². The van der Waals surface area contributed by atoms with Crippen LogP contribution in [-0.2, 0) is 17.8 Å². The van der Waals surface area contributed by atoms with Crippen LogP contribution >= 0.6 is 11.8 Å². The third-order valence-electron chi connectivity index (χ3n) is 3.78. The minimum Gasteiger partial charge on any atom is -0.306 e. The van der Waals surface area contributed by atoms with E-state index in [4.69, 9.17) is 0 Å². The van der Waals surface area contributed by atoms with E-state index in [1.807, 2.05) is 4.57 Å². The number of nitrogens with zero attached hydrogens (tertiary/aromatic N) is 3. The minimum atomic E-state index is -0.768. The lowest BCUT2D eigenvalue weighted by Gasteiger charge is -2.08. The Morgan fingerprint density at radius 3 is 2.88 bits per heavy atom. The van der Waals surface area contributed by atoms with Gasteiger partial charge in [-0.2, -0.15) is 0 Å². The Balaban J connectivity index is 1.51. The van der Waals surface area contributed by atoms with E-state index in [9.17, 15) is 14.0 Å². The summed E-state index contributed by atoms with van der Waals surface area (Å²) in [7, 11) is 0. The van der Waals surface area contributed by atoms with Crippen LogP contribution in [0.15, 0.2) is 29.4 Å². The summed E-state index contributed by atoms with van der Waals surface area (Å²) in [5.41, 5.74) is 0.0169. The molecule has 1 aliphatic heterocycles. The molecule has 1 aromatic heterocycles. The SMILES string of the molecule is O=C(CSc1nnc2n1CCCCC2)NC(=O)Nc1ccccc1F. The summed E-state index contributed by atoms with van der Waals surface area (Å²) in [5, 5.41) is 13.4. The summed E-state index contributed by atoms with van der Waals surface area (Å²) in [5.74, 6) is -0.0730. The number of amides is 3. The van der Waals surface area contributed by atoms with Gasteiger partial charge >= 0.3 is 6.03 Å². The standard InChI is InChI=1S/C16H18FN5O2S/c17-11-6-3-4-7-12(11)18-15(24)19-14(23)10-25-16-21-20-13-8-2-1-5-9-22(13)16/h3-4,6-7H,1-2,5,8-10H2,(H2,18,19,23,24). The summed E-state index contributed by atoms with van der Waals surface area (Å²) in [6.45, 7) is 0.847. The van der Waals surface area contributed by atoms with Crippen molar-refractivity contribution in [1.29, 1.82) is 0 Å². The Bertz CT molecular complexity index is 780.